The molecule has 4 rings (SSSR count). The van der Waals surface area contributed by atoms with Crippen molar-refractivity contribution in [1.29, 1.82) is 0 Å². The van der Waals surface area contributed by atoms with Crippen LogP contribution in [0.5, 0.6) is 0 Å². The molecule has 1 aromatic carbocycles. The van der Waals surface area contributed by atoms with Crippen LogP contribution in [0.15, 0.2) is 36.5 Å². The normalized spacial score (nSPS) is 18.4. The molecule has 1 saturated heterocycles. The molecule has 0 unspecified atom stereocenters. The predicted molar refractivity (Wildman–Crippen MR) is 109 cm³/mol. The van der Waals surface area contributed by atoms with Gasteiger partial charge >= 0.3 is 0 Å². The first-order valence-corrected chi connectivity index (χ1v) is 10.8. The van der Waals surface area contributed by atoms with Crippen molar-refractivity contribution >= 4 is 5.91 Å². The van der Waals surface area contributed by atoms with Crippen LogP contribution in [-0.4, -0.2) is 56.9 Å². The zero-order chi connectivity index (χ0) is 19.2. The van der Waals surface area contributed by atoms with E-state index in [2.05, 4.69) is 15.2 Å². The van der Waals surface area contributed by atoms with Crippen LogP contribution in [-0.2, 0) is 11.3 Å². The number of benzene rings is 1. The van der Waals surface area contributed by atoms with Crippen LogP contribution in [0.3, 0.4) is 0 Å². The van der Waals surface area contributed by atoms with Gasteiger partial charge in [0, 0.05) is 19.0 Å². The van der Waals surface area contributed by atoms with Crippen LogP contribution >= 0.6 is 0 Å². The fourth-order valence-corrected chi connectivity index (χ4v) is 4.42. The van der Waals surface area contributed by atoms with Crippen molar-refractivity contribution in [1.82, 2.24) is 24.8 Å². The summed E-state index contributed by atoms with van der Waals surface area (Å²) in [7, 11) is 0. The molecule has 0 spiro atoms. The van der Waals surface area contributed by atoms with E-state index in [0.717, 1.165) is 50.4 Å². The largest absolute Gasteiger partial charge is 0.335 e. The maximum absolute atomic E-state index is 13.2. The van der Waals surface area contributed by atoms with E-state index in [9.17, 15) is 4.79 Å². The second kappa shape index (κ2) is 9.32. The number of carbonyl (C=O) groups excluding carboxylic acids is 1. The molecular weight excluding hydrogens is 350 g/mol. The summed E-state index contributed by atoms with van der Waals surface area (Å²) in [6.07, 6.45) is 10.2. The van der Waals surface area contributed by atoms with Gasteiger partial charge in [-0.25, -0.2) is 4.68 Å². The summed E-state index contributed by atoms with van der Waals surface area (Å²) in [5.74, 6) is 0.504. The number of amides is 1. The van der Waals surface area contributed by atoms with E-state index >= 15 is 0 Å². The van der Waals surface area contributed by atoms with Crippen LogP contribution in [0.25, 0.3) is 5.69 Å². The number of likely N-dealkylation sites (tertiary alicyclic amines) is 1. The lowest BCUT2D eigenvalue weighted by atomic mass is 9.88. The van der Waals surface area contributed by atoms with Gasteiger partial charge in [0.2, 0.25) is 5.91 Å². The van der Waals surface area contributed by atoms with Crippen molar-refractivity contribution in [3.8, 4) is 5.69 Å². The van der Waals surface area contributed by atoms with Crippen LogP contribution in [0.2, 0.25) is 0 Å². The van der Waals surface area contributed by atoms with Gasteiger partial charge < -0.3 is 9.80 Å². The number of hydrogen-bond donors (Lipinski definition) is 0. The molecule has 0 atom stereocenters. The van der Waals surface area contributed by atoms with Gasteiger partial charge in [-0.15, -0.1) is 5.10 Å². The molecule has 1 saturated carbocycles. The molecule has 28 heavy (non-hydrogen) atoms. The summed E-state index contributed by atoms with van der Waals surface area (Å²) < 4.78 is 1.79. The lowest BCUT2D eigenvalue weighted by molar-refractivity contribution is -0.137. The quantitative estimate of drug-likeness (QED) is 0.739. The van der Waals surface area contributed by atoms with Crippen LogP contribution in [0.4, 0.5) is 0 Å². The van der Waals surface area contributed by atoms with Crippen molar-refractivity contribution in [3.05, 3.63) is 42.2 Å². The Kier molecular flexibility index (Phi) is 6.37. The lowest BCUT2D eigenvalue weighted by Crippen LogP contribution is -2.41. The van der Waals surface area contributed by atoms with E-state index in [0.29, 0.717) is 12.5 Å². The zero-order valence-electron chi connectivity index (χ0n) is 16.7. The average molecular weight is 382 g/mol. The first-order valence-electron chi connectivity index (χ1n) is 10.8. The molecule has 1 aromatic heterocycles. The molecule has 2 aliphatic rings. The summed E-state index contributed by atoms with van der Waals surface area (Å²) in [5.41, 5.74) is 1.85. The van der Waals surface area contributed by atoms with Crippen LogP contribution in [0.1, 0.15) is 50.6 Å². The molecule has 1 aliphatic carbocycles. The fourth-order valence-electron chi connectivity index (χ4n) is 4.42. The van der Waals surface area contributed by atoms with E-state index in [1.165, 1.54) is 32.1 Å². The summed E-state index contributed by atoms with van der Waals surface area (Å²) >= 11 is 0. The number of hydrogen-bond acceptors (Lipinski definition) is 4. The highest BCUT2D eigenvalue weighted by atomic mass is 16.2. The van der Waals surface area contributed by atoms with Crippen LogP contribution in [0, 0.1) is 5.92 Å². The highest BCUT2D eigenvalue weighted by molar-refractivity contribution is 5.78. The molecule has 0 radical (unpaired) electrons. The Morgan fingerprint density at radius 2 is 1.79 bits per heavy atom. The molecular formula is C22H31N5O. The molecule has 6 nitrogen and oxygen atoms in total. The first-order chi connectivity index (χ1) is 13.8. The van der Waals surface area contributed by atoms with E-state index in [1.807, 2.05) is 41.4 Å². The molecule has 6 heteroatoms. The number of rotatable bonds is 7. The minimum absolute atomic E-state index is 0.191. The van der Waals surface area contributed by atoms with E-state index in [-0.39, 0.29) is 5.92 Å². The van der Waals surface area contributed by atoms with Crippen molar-refractivity contribution in [3.63, 3.8) is 0 Å². The van der Waals surface area contributed by atoms with Crippen molar-refractivity contribution in [2.45, 2.75) is 51.5 Å². The second-order valence-electron chi connectivity index (χ2n) is 8.13. The summed E-state index contributed by atoms with van der Waals surface area (Å²) in [6, 6.07) is 10.00. The number of carbonyl (C=O) groups is 1. The second-order valence-corrected chi connectivity index (χ2v) is 8.13. The smallest absolute Gasteiger partial charge is 0.226 e. The maximum atomic E-state index is 13.2. The average Bonchev–Trinajstić information content (AvgIpc) is 3.44. The molecule has 0 bridgehead atoms. The Labute approximate surface area is 167 Å². The highest BCUT2D eigenvalue weighted by Gasteiger charge is 2.27. The number of nitrogens with zero attached hydrogens (tertiary/aromatic N) is 5. The monoisotopic (exact) mass is 381 g/mol. The molecule has 0 N–H and O–H groups in total. The van der Waals surface area contributed by atoms with E-state index in [4.69, 9.17) is 0 Å². The molecule has 1 aliphatic heterocycles. The van der Waals surface area contributed by atoms with Crippen molar-refractivity contribution < 1.29 is 4.79 Å². The molecule has 2 heterocycles. The fraction of sp³-hybridized carbons (Fsp3) is 0.591. The van der Waals surface area contributed by atoms with Crippen LogP contribution < -0.4 is 0 Å². The Bertz CT molecular complexity index is 747. The molecule has 2 fully saturated rings. The van der Waals surface area contributed by atoms with Crippen molar-refractivity contribution in [2.24, 2.45) is 5.92 Å². The Balaban J connectivity index is 1.44. The molecule has 1 amide bonds. The summed E-state index contributed by atoms with van der Waals surface area (Å²) in [6.45, 7) is 4.63. The van der Waals surface area contributed by atoms with Crippen molar-refractivity contribution in [2.75, 3.05) is 26.2 Å². The lowest BCUT2D eigenvalue weighted by Gasteiger charge is -2.30. The third kappa shape index (κ3) is 4.79. The van der Waals surface area contributed by atoms with E-state index < -0.39 is 0 Å². The van der Waals surface area contributed by atoms with Gasteiger partial charge in [0.25, 0.3) is 0 Å². The first kappa shape index (κ1) is 19.1. The topological polar surface area (TPSA) is 54.3 Å². The van der Waals surface area contributed by atoms with Gasteiger partial charge in [0.15, 0.2) is 0 Å². The maximum Gasteiger partial charge on any atom is 0.226 e. The van der Waals surface area contributed by atoms with E-state index in [1.54, 1.807) is 4.68 Å². The molecule has 2 aromatic rings. The number of para-hydroxylation sites is 1. The Morgan fingerprint density at radius 3 is 2.54 bits per heavy atom. The van der Waals surface area contributed by atoms with Gasteiger partial charge in [0.05, 0.1) is 18.4 Å². The Morgan fingerprint density at radius 1 is 1.04 bits per heavy atom. The Hall–Kier alpha value is -2.21. The summed E-state index contributed by atoms with van der Waals surface area (Å²) in [5, 5.41) is 8.61. The van der Waals surface area contributed by atoms with Gasteiger partial charge in [0.1, 0.15) is 5.69 Å². The molecule has 150 valence electrons. The SMILES string of the molecule is O=C(C1CCCCC1)N(CCN1CCCC1)Cc1cn(-c2ccccc2)nn1. The van der Waals surface area contributed by atoms with Gasteiger partial charge in [-0.3, -0.25) is 4.79 Å². The van der Waals surface area contributed by atoms with Gasteiger partial charge in [-0.05, 0) is 50.9 Å². The minimum atomic E-state index is 0.191. The van der Waals surface area contributed by atoms with Gasteiger partial charge in [-0.1, -0.05) is 42.7 Å². The van der Waals surface area contributed by atoms with Gasteiger partial charge in [-0.2, -0.15) is 0 Å². The summed E-state index contributed by atoms with van der Waals surface area (Å²) in [4.78, 5) is 17.7. The predicted octanol–water partition coefficient (Wildman–Crippen LogP) is 3.27. The number of aromatic nitrogens is 3. The highest BCUT2D eigenvalue weighted by Crippen LogP contribution is 2.26. The zero-order valence-corrected chi connectivity index (χ0v) is 16.7. The minimum Gasteiger partial charge on any atom is -0.335 e. The standard InChI is InChI=1S/C22H31N5O/c28-22(19-9-3-1-4-10-19)26(16-15-25-13-7-8-14-25)17-20-18-27(24-23-20)21-11-5-2-6-12-21/h2,5-6,11-12,18-19H,1,3-4,7-10,13-17H2. The third-order valence-corrected chi connectivity index (χ3v) is 6.07. The third-order valence-electron chi connectivity index (χ3n) is 6.07.